The fourth-order valence-electron chi connectivity index (χ4n) is 9.44. The highest BCUT2D eigenvalue weighted by atomic mass is 32.1. The molecule has 4 heteroatoms. The molecule has 2 aromatic heterocycles. The summed E-state index contributed by atoms with van der Waals surface area (Å²) in [5.74, 6) is 1.96. The van der Waals surface area contributed by atoms with E-state index in [2.05, 4.69) is 152 Å². The largest absolute Gasteiger partial charge is 0.208 e. The smallest absolute Gasteiger partial charge is 0.164 e. The molecule has 8 aromatic carbocycles. The highest BCUT2D eigenvalue weighted by Crippen LogP contribution is 2.63. The first-order valence-corrected chi connectivity index (χ1v) is 19.8. The second kappa shape index (κ2) is 12.0. The van der Waals surface area contributed by atoms with Gasteiger partial charge in [-0.3, -0.25) is 0 Å². The third kappa shape index (κ3) is 4.36. The number of aromatic nitrogens is 3. The first kappa shape index (κ1) is 31.4. The second-order valence-corrected chi connectivity index (χ2v) is 15.7. The van der Waals surface area contributed by atoms with Crippen molar-refractivity contribution in [1.29, 1.82) is 0 Å². The van der Waals surface area contributed by atoms with Crippen LogP contribution in [0.25, 0.3) is 87.7 Å². The zero-order chi connectivity index (χ0) is 36.8. The highest BCUT2D eigenvalue weighted by Gasteiger charge is 2.51. The molecule has 0 aliphatic heterocycles. The Morgan fingerprint density at radius 2 is 0.821 bits per heavy atom. The quantitative estimate of drug-likeness (QED) is 0.181. The van der Waals surface area contributed by atoms with Crippen molar-refractivity contribution in [1.82, 2.24) is 15.0 Å². The van der Waals surface area contributed by atoms with Crippen LogP contribution in [0.4, 0.5) is 0 Å². The molecule has 56 heavy (non-hydrogen) atoms. The maximum atomic E-state index is 5.26. The Morgan fingerprint density at radius 1 is 0.339 bits per heavy atom. The fraction of sp³-hybridized carbons (Fsp3) is 0.0192. The van der Waals surface area contributed by atoms with Crippen LogP contribution in [-0.4, -0.2) is 15.0 Å². The van der Waals surface area contributed by atoms with Gasteiger partial charge in [0.25, 0.3) is 0 Å². The van der Waals surface area contributed by atoms with Gasteiger partial charge in [0, 0.05) is 42.4 Å². The monoisotopic (exact) mass is 729 g/mol. The Morgan fingerprint density at radius 3 is 1.43 bits per heavy atom. The van der Waals surface area contributed by atoms with Crippen LogP contribution in [-0.2, 0) is 5.41 Å². The van der Waals surface area contributed by atoms with Crippen LogP contribution in [0, 0.1) is 0 Å². The Hall–Kier alpha value is -7.01. The normalized spacial score (nSPS) is 13.1. The predicted molar refractivity (Wildman–Crippen MR) is 231 cm³/mol. The number of fused-ring (bicyclic) bond motifs is 13. The summed E-state index contributed by atoms with van der Waals surface area (Å²) in [6.45, 7) is 0. The van der Waals surface area contributed by atoms with Gasteiger partial charge < -0.3 is 0 Å². The van der Waals surface area contributed by atoms with Crippen LogP contribution in [0.3, 0.4) is 0 Å². The molecule has 0 atom stereocenters. The van der Waals surface area contributed by atoms with Gasteiger partial charge in [0.2, 0.25) is 0 Å². The number of benzene rings is 8. The van der Waals surface area contributed by atoms with Gasteiger partial charge in [-0.1, -0.05) is 170 Å². The minimum absolute atomic E-state index is 0.447. The van der Waals surface area contributed by atoms with Crippen LogP contribution in [0.5, 0.6) is 0 Å². The number of hydrogen-bond donors (Lipinski definition) is 0. The van der Waals surface area contributed by atoms with E-state index in [4.69, 9.17) is 15.0 Å². The molecule has 0 saturated carbocycles. The van der Waals surface area contributed by atoms with Gasteiger partial charge in [0.15, 0.2) is 17.5 Å². The lowest BCUT2D eigenvalue weighted by Crippen LogP contribution is -2.25. The summed E-state index contributed by atoms with van der Waals surface area (Å²) in [5.41, 5.74) is 15.2. The number of hydrogen-bond acceptors (Lipinski definition) is 4. The van der Waals surface area contributed by atoms with E-state index in [1.54, 1.807) is 0 Å². The minimum atomic E-state index is -0.447. The predicted octanol–water partition coefficient (Wildman–Crippen LogP) is 13.3. The summed E-state index contributed by atoms with van der Waals surface area (Å²) in [6.07, 6.45) is 0. The molecule has 0 bridgehead atoms. The molecule has 260 valence electrons. The van der Waals surface area contributed by atoms with E-state index < -0.39 is 5.41 Å². The molecule has 10 aromatic rings. The molecule has 0 saturated heterocycles. The van der Waals surface area contributed by atoms with Gasteiger partial charge in [0.05, 0.1) is 5.41 Å². The minimum Gasteiger partial charge on any atom is -0.208 e. The average molecular weight is 730 g/mol. The molecule has 0 fully saturated rings. The van der Waals surface area contributed by atoms with Crippen molar-refractivity contribution in [3.8, 4) is 67.5 Å². The second-order valence-electron chi connectivity index (χ2n) is 14.6. The van der Waals surface area contributed by atoms with E-state index in [0.717, 1.165) is 27.8 Å². The molecule has 0 N–H and O–H groups in total. The Kier molecular flexibility index (Phi) is 6.72. The summed E-state index contributed by atoms with van der Waals surface area (Å²) >= 11 is 1.84. The summed E-state index contributed by atoms with van der Waals surface area (Å²) in [4.78, 5) is 15.6. The lowest BCUT2D eigenvalue weighted by atomic mass is 9.70. The molecule has 2 aliphatic rings. The molecule has 3 nitrogen and oxygen atoms in total. The summed E-state index contributed by atoms with van der Waals surface area (Å²) in [5, 5.41) is 2.50. The van der Waals surface area contributed by atoms with E-state index in [0.29, 0.717) is 17.5 Å². The molecule has 0 amide bonds. The van der Waals surface area contributed by atoms with Gasteiger partial charge in [-0.05, 0) is 68.3 Å². The van der Waals surface area contributed by atoms with E-state index in [-0.39, 0.29) is 0 Å². The average Bonchev–Trinajstić information content (AvgIpc) is 3.90. The van der Waals surface area contributed by atoms with Crippen LogP contribution in [0.2, 0.25) is 0 Å². The standard InChI is InChI=1S/C52H31N3S/c1-3-15-32(16-4-1)49-53-50(33-17-5-2-6-18-33)55-51(54-49)41-30-29-40-39-22-10-14-26-46(39)56-48(40)47(41)34-27-28-38-37-21-9-13-25-44(37)52(45(38)31-34)42-23-11-7-19-35(42)36-20-8-12-24-43(36)52/h1-31H. The van der Waals surface area contributed by atoms with Gasteiger partial charge in [-0.15, -0.1) is 11.3 Å². The van der Waals surface area contributed by atoms with Crippen LogP contribution in [0.15, 0.2) is 188 Å². The van der Waals surface area contributed by atoms with Crippen LogP contribution in [0.1, 0.15) is 22.3 Å². The summed E-state index contributed by atoms with van der Waals surface area (Å²) in [6, 6.07) is 67.9. The third-order valence-electron chi connectivity index (χ3n) is 11.8. The van der Waals surface area contributed by atoms with Gasteiger partial charge in [0.1, 0.15) is 0 Å². The summed E-state index contributed by atoms with van der Waals surface area (Å²) < 4.78 is 2.48. The van der Waals surface area contributed by atoms with E-state index in [1.807, 2.05) is 47.7 Å². The van der Waals surface area contributed by atoms with Crippen molar-refractivity contribution < 1.29 is 0 Å². The van der Waals surface area contributed by atoms with E-state index in [9.17, 15) is 0 Å². The van der Waals surface area contributed by atoms with Gasteiger partial charge in [-0.2, -0.15) is 0 Å². The highest BCUT2D eigenvalue weighted by molar-refractivity contribution is 7.26. The van der Waals surface area contributed by atoms with Crippen molar-refractivity contribution in [3.63, 3.8) is 0 Å². The fourth-order valence-corrected chi connectivity index (χ4v) is 10.7. The Balaban J connectivity index is 1.18. The third-order valence-corrected chi connectivity index (χ3v) is 13.0. The molecule has 12 rings (SSSR count). The van der Waals surface area contributed by atoms with Crippen LogP contribution >= 0.6 is 11.3 Å². The zero-order valence-corrected chi connectivity index (χ0v) is 31.0. The zero-order valence-electron chi connectivity index (χ0n) is 30.1. The van der Waals surface area contributed by atoms with Gasteiger partial charge >= 0.3 is 0 Å². The number of thiophene rings is 1. The first-order chi connectivity index (χ1) is 27.8. The lowest BCUT2D eigenvalue weighted by molar-refractivity contribution is 0.794. The van der Waals surface area contributed by atoms with E-state index >= 15 is 0 Å². The van der Waals surface area contributed by atoms with Gasteiger partial charge in [-0.25, -0.2) is 15.0 Å². The Bertz CT molecular complexity index is 3080. The molecule has 0 radical (unpaired) electrons. The summed E-state index contributed by atoms with van der Waals surface area (Å²) in [7, 11) is 0. The maximum absolute atomic E-state index is 5.26. The van der Waals surface area contributed by atoms with E-state index in [1.165, 1.54) is 64.7 Å². The first-order valence-electron chi connectivity index (χ1n) is 19.0. The van der Waals surface area contributed by atoms with Crippen LogP contribution < -0.4 is 0 Å². The van der Waals surface area contributed by atoms with Crippen molar-refractivity contribution in [3.05, 3.63) is 210 Å². The Labute approximate surface area is 328 Å². The van der Waals surface area contributed by atoms with Crippen molar-refractivity contribution >= 4 is 31.5 Å². The van der Waals surface area contributed by atoms with Crippen molar-refractivity contribution in [2.45, 2.75) is 5.41 Å². The molecular weight excluding hydrogens is 699 g/mol. The topological polar surface area (TPSA) is 38.7 Å². The molecule has 2 aliphatic carbocycles. The molecule has 2 heterocycles. The SMILES string of the molecule is c1ccc(-c2nc(-c3ccccc3)nc(-c3ccc4c(sc5ccccc54)c3-c3ccc4c(c3)C3(c5ccccc5-c5ccccc53)c3ccccc3-4)n2)cc1. The molecule has 1 spiro atoms. The number of nitrogens with zero attached hydrogens (tertiary/aromatic N) is 3. The molecule has 0 unspecified atom stereocenters. The molecular formula is C52H31N3S. The lowest BCUT2D eigenvalue weighted by Gasteiger charge is -2.30. The van der Waals surface area contributed by atoms with Crippen molar-refractivity contribution in [2.24, 2.45) is 0 Å². The maximum Gasteiger partial charge on any atom is 0.164 e. The van der Waals surface area contributed by atoms with Crippen molar-refractivity contribution in [2.75, 3.05) is 0 Å². The number of rotatable bonds is 4.